The van der Waals surface area contributed by atoms with Gasteiger partial charge in [-0.1, -0.05) is 0 Å². The fourth-order valence-corrected chi connectivity index (χ4v) is 5.31. The lowest BCUT2D eigenvalue weighted by Gasteiger charge is -2.15. The normalized spacial score (nSPS) is 17.1. The number of H-pyrrole nitrogens is 1. The molecule has 5 rings (SSSR count). The maximum atomic E-state index is 13.1. The number of nitrogens with zero attached hydrogens (tertiary/aromatic N) is 3. The molecule has 4 heterocycles. The number of benzene rings is 1. The minimum Gasteiger partial charge on any atom is -0.497 e. The molecule has 7 heteroatoms. The molecule has 1 aliphatic rings. The van der Waals surface area contributed by atoms with Gasteiger partial charge in [-0.25, -0.2) is 4.98 Å². The van der Waals surface area contributed by atoms with E-state index in [1.54, 1.807) is 18.4 Å². The van der Waals surface area contributed by atoms with Gasteiger partial charge < -0.3 is 14.6 Å². The van der Waals surface area contributed by atoms with E-state index in [2.05, 4.69) is 21.7 Å². The quantitative estimate of drug-likeness (QED) is 0.568. The largest absolute Gasteiger partial charge is 0.497 e. The minimum atomic E-state index is 0.0483. The first kappa shape index (κ1) is 17.3. The minimum absolute atomic E-state index is 0.0483. The summed E-state index contributed by atoms with van der Waals surface area (Å²) in [5.74, 6) is 2.14. The molecule has 6 nitrogen and oxygen atoms in total. The number of carbonyl (C=O) groups excluding carboxylic acids is 1. The number of imidazole rings is 1. The summed E-state index contributed by atoms with van der Waals surface area (Å²) in [7, 11) is 1.64. The van der Waals surface area contributed by atoms with Gasteiger partial charge in [-0.3, -0.25) is 9.20 Å². The summed E-state index contributed by atoms with van der Waals surface area (Å²) in [6.45, 7) is 5.62. The Labute approximate surface area is 166 Å². The molecule has 0 aliphatic carbocycles. The standard InChI is InChI=1S/C21H22N4O2S/c1-12-11-28-21-19(22-13(2)25(12)21)15-6-7-24(10-15)20(26)18-8-14-4-5-16(27-3)9-17(14)23-18/h4-5,8-9,11,15,23H,6-7,10H2,1-3H3/t15-/m1/s1. The molecule has 0 radical (unpaired) electrons. The van der Waals surface area contributed by atoms with Crippen LogP contribution in [0.1, 0.15) is 40.0 Å². The second kappa shape index (κ2) is 6.38. The average Bonchev–Trinajstić information content (AvgIpc) is 3.45. The second-order valence-electron chi connectivity index (χ2n) is 7.43. The Balaban J connectivity index is 1.40. The molecule has 0 bridgehead atoms. The molecule has 0 spiro atoms. The van der Waals surface area contributed by atoms with E-state index in [0.717, 1.165) is 41.1 Å². The number of fused-ring (bicyclic) bond motifs is 2. The molecule has 1 N–H and O–H groups in total. The maximum Gasteiger partial charge on any atom is 0.270 e. The van der Waals surface area contributed by atoms with Crippen molar-refractivity contribution in [2.45, 2.75) is 26.2 Å². The number of aromatic amines is 1. The summed E-state index contributed by atoms with van der Waals surface area (Å²) in [6, 6.07) is 7.72. The van der Waals surface area contributed by atoms with Crippen LogP contribution in [-0.2, 0) is 0 Å². The highest BCUT2D eigenvalue weighted by atomic mass is 32.1. The van der Waals surface area contributed by atoms with E-state index in [-0.39, 0.29) is 11.8 Å². The number of hydrogen-bond donors (Lipinski definition) is 1. The van der Waals surface area contributed by atoms with Gasteiger partial charge in [0.25, 0.3) is 5.91 Å². The lowest BCUT2D eigenvalue weighted by Crippen LogP contribution is -2.28. The summed E-state index contributed by atoms with van der Waals surface area (Å²) in [5, 5.41) is 3.19. The Morgan fingerprint density at radius 2 is 2.18 bits per heavy atom. The van der Waals surface area contributed by atoms with Crippen molar-refractivity contribution in [1.29, 1.82) is 0 Å². The zero-order chi connectivity index (χ0) is 19.4. The van der Waals surface area contributed by atoms with Gasteiger partial charge in [0, 0.05) is 47.1 Å². The molecule has 1 amide bonds. The molecule has 1 aliphatic heterocycles. The highest BCUT2D eigenvalue weighted by Crippen LogP contribution is 2.34. The Bertz CT molecular complexity index is 1200. The Morgan fingerprint density at radius 3 is 3.00 bits per heavy atom. The van der Waals surface area contributed by atoms with Crippen LogP contribution >= 0.6 is 11.3 Å². The molecule has 1 aromatic carbocycles. The smallest absolute Gasteiger partial charge is 0.270 e. The Hall–Kier alpha value is -2.80. The summed E-state index contributed by atoms with van der Waals surface area (Å²) < 4.78 is 7.49. The molecular weight excluding hydrogens is 372 g/mol. The maximum absolute atomic E-state index is 13.1. The van der Waals surface area contributed by atoms with Crippen LogP contribution in [0.4, 0.5) is 0 Å². The van der Waals surface area contributed by atoms with Gasteiger partial charge in [0.2, 0.25) is 0 Å². The lowest BCUT2D eigenvalue weighted by molar-refractivity contribution is 0.0786. The van der Waals surface area contributed by atoms with Crippen LogP contribution in [0.15, 0.2) is 29.6 Å². The van der Waals surface area contributed by atoms with Gasteiger partial charge in [0.15, 0.2) is 0 Å². The van der Waals surface area contributed by atoms with Gasteiger partial charge in [0.05, 0.1) is 12.8 Å². The van der Waals surface area contributed by atoms with Crippen LogP contribution in [-0.4, -0.2) is 45.4 Å². The molecular formula is C21H22N4O2S. The van der Waals surface area contributed by atoms with Crippen LogP contribution in [0.25, 0.3) is 15.7 Å². The van der Waals surface area contributed by atoms with Crippen molar-refractivity contribution in [3.05, 3.63) is 52.6 Å². The van der Waals surface area contributed by atoms with E-state index >= 15 is 0 Å². The zero-order valence-electron chi connectivity index (χ0n) is 16.2. The highest BCUT2D eigenvalue weighted by Gasteiger charge is 2.32. The highest BCUT2D eigenvalue weighted by molar-refractivity contribution is 7.15. The fourth-order valence-electron chi connectivity index (χ4n) is 4.21. The van der Waals surface area contributed by atoms with Crippen LogP contribution in [0, 0.1) is 13.8 Å². The van der Waals surface area contributed by atoms with Crippen LogP contribution in [0.3, 0.4) is 0 Å². The van der Waals surface area contributed by atoms with Gasteiger partial charge in [-0.05, 0) is 38.5 Å². The van der Waals surface area contributed by atoms with E-state index in [0.29, 0.717) is 12.2 Å². The van der Waals surface area contributed by atoms with Crippen molar-refractivity contribution >= 4 is 33.0 Å². The molecule has 1 atom stereocenters. The Morgan fingerprint density at radius 1 is 1.32 bits per heavy atom. The number of thiazole rings is 1. The van der Waals surface area contributed by atoms with Crippen molar-refractivity contribution in [2.24, 2.45) is 0 Å². The molecule has 0 saturated carbocycles. The number of rotatable bonds is 3. The molecule has 1 saturated heterocycles. The van der Waals surface area contributed by atoms with E-state index in [1.807, 2.05) is 36.1 Å². The topological polar surface area (TPSA) is 62.6 Å². The van der Waals surface area contributed by atoms with E-state index < -0.39 is 0 Å². The molecule has 144 valence electrons. The summed E-state index contributed by atoms with van der Waals surface area (Å²) in [4.78, 5) is 24.3. The number of ether oxygens (including phenoxy) is 1. The number of nitrogens with one attached hydrogen (secondary N) is 1. The monoisotopic (exact) mass is 394 g/mol. The first-order valence-corrected chi connectivity index (χ1v) is 10.3. The number of methoxy groups -OCH3 is 1. The summed E-state index contributed by atoms with van der Waals surface area (Å²) in [5.41, 5.74) is 3.89. The van der Waals surface area contributed by atoms with Crippen molar-refractivity contribution in [1.82, 2.24) is 19.3 Å². The SMILES string of the molecule is COc1ccc2cc(C(=O)N3CC[C@@H](c4nc(C)n5c(C)csc45)C3)[nH]c2c1. The number of carbonyl (C=O) groups is 1. The van der Waals surface area contributed by atoms with Crippen LogP contribution in [0.2, 0.25) is 0 Å². The number of amides is 1. The average molecular weight is 395 g/mol. The third kappa shape index (κ3) is 2.61. The first-order valence-electron chi connectivity index (χ1n) is 9.44. The van der Waals surface area contributed by atoms with Gasteiger partial charge in [-0.15, -0.1) is 11.3 Å². The Kier molecular flexibility index (Phi) is 3.94. The number of likely N-dealkylation sites (tertiary alicyclic amines) is 1. The van der Waals surface area contributed by atoms with Crippen molar-refractivity contribution in [2.75, 3.05) is 20.2 Å². The first-order chi connectivity index (χ1) is 13.5. The molecule has 1 fully saturated rings. The van der Waals surface area contributed by atoms with Crippen molar-refractivity contribution in [3.8, 4) is 5.75 Å². The van der Waals surface area contributed by atoms with Crippen molar-refractivity contribution in [3.63, 3.8) is 0 Å². The summed E-state index contributed by atoms with van der Waals surface area (Å²) >= 11 is 1.74. The van der Waals surface area contributed by atoms with Gasteiger partial charge in [0.1, 0.15) is 22.1 Å². The third-order valence-electron chi connectivity index (χ3n) is 5.64. The number of hydrogen-bond acceptors (Lipinski definition) is 4. The molecule has 28 heavy (non-hydrogen) atoms. The zero-order valence-corrected chi connectivity index (χ0v) is 17.0. The third-order valence-corrected chi connectivity index (χ3v) is 6.72. The van der Waals surface area contributed by atoms with Crippen LogP contribution in [0.5, 0.6) is 5.75 Å². The molecule has 0 unspecified atom stereocenters. The molecule has 3 aromatic heterocycles. The van der Waals surface area contributed by atoms with Gasteiger partial charge >= 0.3 is 0 Å². The lowest BCUT2D eigenvalue weighted by atomic mass is 10.1. The predicted molar refractivity (Wildman–Crippen MR) is 111 cm³/mol. The number of aryl methyl sites for hydroxylation is 2. The summed E-state index contributed by atoms with van der Waals surface area (Å²) in [6.07, 6.45) is 0.947. The predicted octanol–water partition coefficient (Wildman–Crippen LogP) is 4.13. The fraction of sp³-hybridized carbons (Fsp3) is 0.333. The van der Waals surface area contributed by atoms with E-state index in [4.69, 9.17) is 9.72 Å². The molecule has 4 aromatic rings. The van der Waals surface area contributed by atoms with Crippen LogP contribution < -0.4 is 4.74 Å². The number of aromatic nitrogens is 3. The van der Waals surface area contributed by atoms with E-state index in [9.17, 15) is 4.79 Å². The van der Waals surface area contributed by atoms with Gasteiger partial charge in [-0.2, -0.15) is 0 Å². The van der Waals surface area contributed by atoms with Crippen molar-refractivity contribution < 1.29 is 9.53 Å². The second-order valence-corrected chi connectivity index (χ2v) is 8.29. The van der Waals surface area contributed by atoms with E-state index in [1.165, 1.54) is 10.5 Å².